The standard InChI is InChI=1S/C30H19BNO2S/c33-31-34-22-10-6-7-19(17-22)20-13-14-25-27(18-20)32(21-8-2-1-3-9-21)26-16-15-24-23-11-4-5-12-28(23)35-30(24)29(25)26/h1-18,33H. The molecule has 0 aliphatic rings. The van der Waals surface area contributed by atoms with Gasteiger partial charge in [-0.05, 0) is 53.6 Å². The molecule has 0 fully saturated rings. The van der Waals surface area contributed by atoms with Crippen LogP contribution >= 0.6 is 11.3 Å². The highest BCUT2D eigenvalue weighted by Gasteiger charge is 2.18. The Labute approximate surface area is 206 Å². The minimum absolute atomic E-state index is 0.598. The molecule has 0 unspecified atom stereocenters. The van der Waals surface area contributed by atoms with Crippen molar-refractivity contribution in [2.75, 3.05) is 0 Å². The number of aromatic nitrogens is 1. The van der Waals surface area contributed by atoms with Gasteiger partial charge in [-0.15, -0.1) is 11.3 Å². The lowest BCUT2D eigenvalue weighted by molar-refractivity contribution is 0.454. The third-order valence-corrected chi connectivity index (χ3v) is 7.85. The lowest BCUT2D eigenvalue weighted by Gasteiger charge is -2.09. The van der Waals surface area contributed by atoms with Crippen LogP contribution in [0.4, 0.5) is 0 Å². The summed E-state index contributed by atoms with van der Waals surface area (Å²) >= 11 is 1.87. The van der Waals surface area contributed by atoms with E-state index in [0.717, 1.165) is 22.3 Å². The Morgan fingerprint density at radius 3 is 2.34 bits per heavy atom. The van der Waals surface area contributed by atoms with Gasteiger partial charge < -0.3 is 14.2 Å². The molecule has 165 valence electrons. The summed E-state index contributed by atoms with van der Waals surface area (Å²) < 4.78 is 10.2. The van der Waals surface area contributed by atoms with E-state index < -0.39 is 0 Å². The number of rotatable bonds is 4. The molecule has 5 aromatic carbocycles. The van der Waals surface area contributed by atoms with Gasteiger partial charge in [0, 0.05) is 36.6 Å². The van der Waals surface area contributed by atoms with Gasteiger partial charge in [0.15, 0.2) is 0 Å². The summed E-state index contributed by atoms with van der Waals surface area (Å²) in [5, 5.41) is 14.2. The third-order valence-electron chi connectivity index (χ3n) is 6.64. The number of para-hydroxylation sites is 1. The van der Waals surface area contributed by atoms with Crippen molar-refractivity contribution < 1.29 is 9.68 Å². The fourth-order valence-corrected chi connectivity index (χ4v) is 6.39. The molecule has 0 saturated carbocycles. The van der Waals surface area contributed by atoms with Crippen molar-refractivity contribution >= 4 is 61.0 Å². The molecule has 0 bridgehead atoms. The summed E-state index contributed by atoms with van der Waals surface area (Å²) in [6.07, 6.45) is 0. The summed E-state index contributed by atoms with van der Waals surface area (Å²) in [4.78, 5) is 0. The molecule has 1 N–H and O–H groups in total. The number of hydrogen-bond acceptors (Lipinski definition) is 3. The second kappa shape index (κ2) is 8.02. The SMILES string of the molecule is O[B]Oc1cccc(-c2ccc3c4c5sc6ccccc6c5ccc4n(-c4ccccc4)c3c2)c1. The topological polar surface area (TPSA) is 34.4 Å². The van der Waals surface area contributed by atoms with Crippen molar-refractivity contribution in [1.29, 1.82) is 0 Å². The van der Waals surface area contributed by atoms with Gasteiger partial charge in [-0.2, -0.15) is 0 Å². The van der Waals surface area contributed by atoms with Crippen LogP contribution in [0.2, 0.25) is 0 Å². The van der Waals surface area contributed by atoms with E-state index in [0.29, 0.717) is 13.4 Å². The predicted octanol–water partition coefficient (Wildman–Crippen LogP) is 7.72. The van der Waals surface area contributed by atoms with Crippen LogP contribution in [0.1, 0.15) is 0 Å². The Kier molecular flexibility index (Phi) is 4.66. The molecule has 7 aromatic rings. The zero-order chi connectivity index (χ0) is 23.4. The Morgan fingerprint density at radius 2 is 1.46 bits per heavy atom. The van der Waals surface area contributed by atoms with Crippen LogP contribution in [0, 0.1) is 0 Å². The van der Waals surface area contributed by atoms with Crippen LogP contribution in [0.15, 0.2) is 109 Å². The normalized spacial score (nSPS) is 11.6. The molecule has 0 aliphatic carbocycles. The van der Waals surface area contributed by atoms with E-state index in [-0.39, 0.29) is 0 Å². The Bertz CT molecular complexity index is 1870. The lowest BCUT2D eigenvalue weighted by Crippen LogP contribution is -1.99. The highest BCUT2D eigenvalue weighted by Crippen LogP contribution is 2.44. The minimum Gasteiger partial charge on any atom is -0.537 e. The molecule has 0 saturated heterocycles. The first-order chi connectivity index (χ1) is 17.3. The lowest BCUT2D eigenvalue weighted by atomic mass is 10.0. The van der Waals surface area contributed by atoms with E-state index in [1.165, 1.54) is 36.5 Å². The Balaban J connectivity index is 1.58. The highest BCUT2D eigenvalue weighted by atomic mass is 32.1. The van der Waals surface area contributed by atoms with Crippen LogP contribution in [0.25, 0.3) is 58.8 Å². The minimum atomic E-state index is 0.598. The van der Waals surface area contributed by atoms with Gasteiger partial charge in [-0.25, -0.2) is 0 Å². The van der Waals surface area contributed by atoms with Crippen molar-refractivity contribution in [1.82, 2.24) is 4.57 Å². The van der Waals surface area contributed by atoms with Gasteiger partial charge in [0.05, 0.1) is 11.0 Å². The summed E-state index contributed by atoms with van der Waals surface area (Å²) in [6, 6.07) is 38.1. The van der Waals surface area contributed by atoms with E-state index in [1.54, 1.807) is 0 Å². The summed E-state index contributed by atoms with van der Waals surface area (Å²) in [5.74, 6) is 0.598. The van der Waals surface area contributed by atoms with Crippen LogP contribution in [0.3, 0.4) is 0 Å². The fraction of sp³-hybridized carbons (Fsp3) is 0. The zero-order valence-corrected chi connectivity index (χ0v) is 19.5. The molecular weight excluding hydrogens is 449 g/mol. The third kappa shape index (κ3) is 3.17. The van der Waals surface area contributed by atoms with Crippen molar-refractivity contribution in [3.8, 4) is 22.6 Å². The van der Waals surface area contributed by atoms with Crippen molar-refractivity contribution in [3.05, 3.63) is 109 Å². The maximum absolute atomic E-state index is 9.05. The van der Waals surface area contributed by atoms with Crippen molar-refractivity contribution in [2.45, 2.75) is 0 Å². The largest absolute Gasteiger partial charge is 0.569 e. The van der Waals surface area contributed by atoms with Gasteiger partial charge in [-0.1, -0.05) is 66.7 Å². The molecule has 7 rings (SSSR count). The van der Waals surface area contributed by atoms with Crippen LogP contribution < -0.4 is 4.65 Å². The molecule has 2 aromatic heterocycles. The molecule has 0 atom stereocenters. The molecule has 0 amide bonds. The summed E-state index contributed by atoms with van der Waals surface area (Å²) in [5.41, 5.74) is 5.62. The first kappa shape index (κ1) is 20.3. The van der Waals surface area contributed by atoms with Crippen LogP contribution in [-0.2, 0) is 0 Å². The van der Waals surface area contributed by atoms with Gasteiger partial charge in [-0.3, -0.25) is 0 Å². The zero-order valence-electron chi connectivity index (χ0n) is 18.7. The summed E-state index contributed by atoms with van der Waals surface area (Å²) in [7, 11) is 0.714. The smallest absolute Gasteiger partial charge is 0.537 e. The van der Waals surface area contributed by atoms with Crippen LogP contribution in [-0.4, -0.2) is 17.3 Å². The van der Waals surface area contributed by atoms with E-state index >= 15 is 0 Å². The van der Waals surface area contributed by atoms with E-state index in [4.69, 9.17) is 9.68 Å². The second-order valence-corrected chi connectivity index (χ2v) is 9.64. The molecule has 5 heteroatoms. The molecule has 1 radical (unpaired) electrons. The second-order valence-electron chi connectivity index (χ2n) is 8.59. The van der Waals surface area contributed by atoms with E-state index in [1.807, 2.05) is 29.5 Å². The summed E-state index contributed by atoms with van der Waals surface area (Å²) in [6.45, 7) is 0. The Hall–Kier alpha value is -4.06. The highest BCUT2D eigenvalue weighted by molar-refractivity contribution is 7.26. The number of nitrogens with zero attached hydrogens (tertiary/aromatic N) is 1. The average molecular weight is 468 g/mol. The van der Waals surface area contributed by atoms with Crippen molar-refractivity contribution in [3.63, 3.8) is 0 Å². The fourth-order valence-electron chi connectivity index (χ4n) is 5.13. The molecule has 3 nitrogen and oxygen atoms in total. The van der Waals surface area contributed by atoms with E-state index in [9.17, 15) is 0 Å². The Morgan fingerprint density at radius 1 is 0.657 bits per heavy atom. The van der Waals surface area contributed by atoms with E-state index in [2.05, 4.69) is 95.6 Å². The predicted molar refractivity (Wildman–Crippen MR) is 148 cm³/mol. The first-order valence-corrected chi connectivity index (χ1v) is 12.3. The molecular formula is C30H19BNO2S. The van der Waals surface area contributed by atoms with Gasteiger partial charge in [0.25, 0.3) is 0 Å². The quantitative estimate of drug-likeness (QED) is 0.268. The molecule has 2 heterocycles. The monoisotopic (exact) mass is 468 g/mol. The number of benzene rings is 5. The number of hydrogen-bond donors (Lipinski definition) is 1. The van der Waals surface area contributed by atoms with Gasteiger partial charge >= 0.3 is 7.69 Å². The molecule has 35 heavy (non-hydrogen) atoms. The average Bonchev–Trinajstić information content (AvgIpc) is 3.45. The first-order valence-electron chi connectivity index (χ1n) is 11.5. The van der Waals surface area contributed by atoms with Crippen LogP contribution in [0.5, 0.6) is 5.75 Å². The number of thiophene rings is 1. The molecule has 0 spiro atoms. The molecule has 0 aliphatic heterocycles. The maximum atomic E-state index is 9.05. The van der Waals surface area contributed by atoms with Gasteiger partial charge in [0.2, 0.25) is 0 Å². The van der Waals surface area contributed by atoms with Gasteiger partial charge in [0.1, 0.15) is 5.75 Å². The number of fused-ring (bicyclic) bond motifs is 7. The van der Waals surface area contributed by atoms with Crippen molar-refractivity contribution in [2.24, 2.45) is 0 Å². The maximum Gasteiger partial charge on any atom is 0.569 e.